The molecule has 210 valence electrons. The SMILES string of the molecule is CC[C@@]1(O)C(=O)OCc2c1cc1n(c2=O)Cc2c-1nc1cc3c(cc1c2CC[C@@H](C)OCNC(=O)CN)OCO3. The Bertz CT molecular complexity index is 1620. The first-order valence-corrected chi connectivity index (χ1v) is 13.3. The van der Waals surface area contributed by atoms with Crippen molar-refractivity contribution in [3.63, 3.8) is 0 Å². The number of aromatic nitrogens is 2. The molecule has 1 aromatic carbocycles. The lowest BCUT2D eigenvalue weighted by molar-refractivity contribution is -0.172. The van der Waals surface area contributed by atoms with Gasteiger partial charge < -0.3 is 39.7 Å². The molecule has 1 amide bonds. The van der Waals surface area contributed by atoms with Gasteiger partial charge in [-0.05, 0) is 43.9 Å². The van der Waals surface area contributed by atoms with Crippen molar-refractivity contribution < 1.29 is 33.6 Å². The first kappa shape index (κ1) is 26.2. The highest BCUT2D eigenvalue weighted by atomic mass is 16.7. The number of rotatable bonds is 8. The Labute approximate surface area is 229 Å². The molecule has 5 heterocycles. The maximum Gasteiger partial charge on any atom is 0.343 e. The second-order valence-corrected chi connectivity index (χ2v) is 10.2. The third kappa shape index (κ3) is 4.10. The van der Waals surface area contributed by atoms with E-state index in [0.29, 0.717) is 41.2 Å². The van der Waals surface area contributed by atoms with Crippen LogP contribution in [-0.4, -0.2) is 52.7 Å². The highest BCUT2D eigenvalue weighted by molar-refractivity contribution is 5.91. The summed E-state index contributed by atoms with van der Waals surface area (Å²) in [7, 11) is 0. The lowest BCUT2D eigenvalue weighted by atomic mass is 9.86. The van der Waals surface area contributed by atoms with Crippen molar-refractivity contribution in [3.05, 3.63) is 50.8 Å². The number of benzene rings is 1. The van der Waals surface area contributed by atoms with Crippen LogP contribution in [0.15, 0.2) is 23.0 Å². The van der Waals surface area contributed by atoms with Crippen LogP contribution in [0.1, 0.15) is 48.9 Å². The fourth-order valence-corrected chi connectivity index (χ4v) is 5.61. The molecule has 0 saturated heterocycles. The summed E-state index contributed by atoms with van der Waals surface area (Å²) in [5.41, 5.74) is 7.34. The topological polar surface area (TPSA) is 164 Å². The standard InChI is InChI=1S/C28H30N4O8/c1-3-28(36)19-7-21-25-17(10-32(21)26(34)18(19)11-37-27(28)35)15(5-4-14(2)38-12-30-24(33)9-29)16-6-22-23(40-13-39-22)8-20(16)31-25/h6-8,14,36H,3-5,9-13,29H2,1-2H3,(H,30,33)/t14-,28+/m1/s1. The van der Waals surface area contributed by atoms with Crippen LogP contribution in [0.4, 0.5) is 0 Å². The Hall–Kier alpha value is -4.00. The molecule has 0 saturated carbocycles. The number of nitrogens with one attached hydrogen (secondary N) is 1. The Kier molecular flexibility index (Phi) is 6.48. The summed E-state index contributed by atoms with van der Waals surface area (Å²) >= 11 is 0. The van der Waals surface area contributed by atoms with Crippen LogP contribution in [0, 0.1) is 0 Å². The van der Waals surface area contributed by atoms with E-state index >= 15 is 0 Å². The first-order valence-electron chi connectivity index (χ1n) is 13.3. The molecule has 0 aliphatic carbocycles. The molecule has 12 heteroatoms. The van der Waals surface area contributed by atoms with Gasteiger partial charge in [0, 0.05) is 22.6 Å². The van der Waals surface area contributed by atoms with Crippen molar-refractivity contribution in [2.75, 3.05) is 20.1 Å². The van der Waals surface area contributed by atoms with Gasteiger partial charge in [0.2, 0.25) is 12.7 Å². The Morgan fingerprint density at radius 1 is 1.23 bits per heavy atom. The summed E-state index contributed by atoms with van der Waals surface area (Å²) in [5.74, 6) is 0.147. The minimum Gasteiger partial charge on any atom is -0.458 e. The number of cyclic esters (lactones) is 1. The van der Waals surface area contributed by atoms with E-state index in [1.807, 2.05) is 19.1 Å². The number of carbonyl (C=O) groups is 2. The lowest BCUT2D eigenvalue weighted by Crippen LogP contribution is -2.44. The van der Waals surface area contributed by atoms with E-state index in [1.165, 1.54) is 0 Å². The zero-order valence-corrected chi connectivity index (χ0v) is 22.2. The van der Waals surface area contributed by atoms with Crippen LogP contribution in [0.25, 0.3) is 22.3 Å². The summed E-state index contributed by atoms with van der Waals surface area (Å²) in [6.07, 6.45) is 1.10. The van der Waals surface area contributed by atoms with Crippen molar-refractivity contribution in [2.45, 2.75) is 58.0 Å². The first-order chi connectivity index (χ1) is 19.2. The van der Waals surface area contributed by atoms with Gasteiger partial charge in [-0.1, -0.05) is 6.92 Å². The molecule has 2 atom stereocenters. The Balaban J connectivity index is 1.43. The zero-order chi connectivity index (χ0) is 28.2. The molecule has 0 radical (unpaired) electrons. The normalized spacial score (nSPS) is 19.1. The molecule has 3 aromatic rings. The number of aliphatic hydroxyl groups is 1. The minimum absolute atomic E-state index is 0.0542. The van der Waals surface area contributed by atoms with Gasteiger partial charge in [0.1, 0.15) is 13.3 Å². The third-order valence-electron chi connectivity index (χ3n) is 7.92. The smallest absolute Gasteiger partial charge is 0.343 e. The van der Waals surface area contributed by atoms with Crippen molar-refractivity contribution in [1.29, 1.82) is 0 Å². The predicted molar refractivity (Wildman–Crippen MR) is 142 cm³/mol. The van der Waals surface area contributed by atoms with Gasteiger partial charge in [-0.15, -0.1) is 0 Å². The largest absolute Gasteiger partial charge is 0.458 e. The second kappa shape index (κ2) is 9.88. The van der Waals surface area contributed by atoms with Gasteiger partial charge in [-0.3, -0.25) is 9.59 Å². The van der Waals surface area contributed by atoms with Gasteiger partial charge in [-0.2, -0.15) is 0 Å². The summed E-state index contributed by atoms with van der Waals surface area (Å²) in [4.78, 5) is 42.5. The lowest BCUT2D eigenvalue weighted by Gasteiger charge is -2.31. The van der Waals surface area contributed by atoms with E-state index in [-0.39, 0.29) is 68.3 Å². The monoisotopic (exact) mass is 550 g/mol. The fraction of sp³-hybridized carbons (Fsp3) is 0.429. The van der Waals surface area contributed by atoms with Crippen molar-refractivity contribution in [2.24, 2.45) is 5.73 Å². The molecule has 0 fully saturated rings. The predicted octanol–water partition coefficient (Wildman–Crippen LogP) is 1.18. The number of nitrogens with two attached hydrogens (primary N) is 1. The quantitative estimate of drug-likeness (QED) is 0.214. The number of pyridine rings is 2. The molecule has 0 bridgehead atoms. The van der Waals surface area contributed by atoms with Gasteiger partial charge in [-0.25, -0.2) is 9.78 Å². The molecule has 0 spiro atoms. The summed E-state index contributed by atoms with van der Waals surface area (Å²) in [5, 5.41) is 14.7. The molecule has 0 unspecified atom stereocenters. The highest BCUT2D eigenvalue weighted by Crippen LogP contribution is 2.43. The van der Waals surface area contributed by atoms with Gasteiger partial charge in [0.05, 0.1) is 41.7 Å². The number of ether oxygens (including phenoxy) is 4. The summed E-state index contributed by atoms with van der Waals surface area (Å²) in [6, 6.07) is 5.43. The van der Waals surface area contributed by atoms with Crippen LogP contribution < -0.4 is 26.1 Å². The van der Waals surface area contributed by atoms with E-state index in [0.717, 1.165) is 16.5 Å². The number of hydrogen-bond acceptors (Lipinski definition) is 10. The molecular weight excluding hydrogens is 520 g/mol. The van der Waals surface area contributed by atoms with E-state index in [1.54, 1.807) is 17.6 Å². The van der Waals surface area contributed by atoms with Crippen LogP contribution in [0.2, 0.25) is 0 Å². The van der Waals surface area contributed by atoms with E-state index in [9.17, 15) is 19.5 Å². The summed E-state index contributed by atoms with van der Waals surface area (Å²) < 4.78 is 23.8. The third-order valence-corrected chi connectivity index (χ3v) is 7.92. The van der Waals surface area contributed by atoms with Crippen LogP contribution in [0.5, 0.6) is 11.5 Å². The number of carbonyl (C=O) groups excluding carboxylic acids is 2. The Morgan fingerprint density at radius 3 is 2.75 bits per heavy atom. The average Bonchev–Trinajstić information content (AvgIpc) is 3.56. The molecule has 12 nitrogen and oxygen atoms in total. The molecular formula is C28H30N4O8. The minimum atomic E-state index is -1.90. The maximum atomic E-state index is 13.6. The van der Waals surface area contributed by atoms with E-state index in [2.05, 4.69) is 5.32 Å². The second-order valence-electron chi connectivity index (χ2n) is 10.2. The van der Waals surface area contributed by atoms with Gasteiger partial charge in [0.25, 0.3) is 5.56 Å². The summed E-state index contributed by atoms with van der Waals surface area (Å²) in [6.45, 7) is 3.75. The van der Waals surface area contributed by atoms with E-state index in [4.69, 9.17) is 29.7 Å². The molecule has 6 rings (SSSR count). The number of aryl methyl sites for hydroxylation is 1. The molecule has 3 aliphatic heterocycles. The van der Waals surface area contributed by atoms with Crippen molar-refractivity contribution in [1.82, 2.24) is 14.9 Å². The molecule has 3 aliphatic rings. The van der Waals surface area contributed by atoms with Gasteiger partial charge >= 0.3 is 5.97 Å². The zero-order valence-electron chi connectivity index (χ0n) is 22.2. The van der Waals surface area contributed by atoms with Crippen LogP contribution in [0.3, 0.4) is 0 Å². The van der Waals surface area contributed by atoms with Crippen molar-refractivity contribution >= 4 is 22.8 Å². The molecule has 2 aromatic heterocycles. The molecule has 4 N–H and O–H groups in total. The van der Waals surface area contributed by atoms with E-state index < -0.39 is 11.6 Å². The number of amides is 1. The average molecular weight is 551 g/mol. The van der Waals surface area contributed by atoms with Crippen molar-refractivity contribution in [3.8, 4) is 22.9 Å². The highest BCUT2D eigenvalue weighted by Gasteiger charge is 2.45. The maximum absolute atomic E-state index is 13.6. The van der Waals surface area contributed by atoms with Gasteiger partial charge in [0.15, 0.2) is 17.1 Å². The number of hydrogen-bond donors (Lipinski definition) is 3. The fourth-order valence-electron chi connectivity index (χ4n) is 5.61. The van der Waals surface area contributed by atoms with Crippen LogP contribution >= 0.6 is 0 Å². The number of nitrogens with zero attached hydrogens (tertiary/aromatic N) is 2. The number of fused-ring (bicyclic) bond motifs is 6. The number of esters is 1. The molecule has 40 heavy (non-hydrogen) atoms. The van der Waals surface area contributed by atoms with Crippen LogP contribution in [-0.2, 0) is 44.2 Å². The Morgan fingerprint density at radius 2 is 2.00 bits per heavy atom.